The summed E-state index contributed by atoms with van der Waals surface area (Å²) in [6, 6.07) is 8.89. The molecule has 2 aromatic carbocycles. The number of aromatic hydroxyl groups is 1. The second-order valence-corrected chi connectivity index (χ2v) is 7.90. The lowest BCUT2D eigenvalue weighted by atomic mass is 10.1. The Morgan fingerprint density at radius 1 is 1.18 bits per heavy atom. The molecule has 0 saturated carbocycles. The number of ether oxygens (including phenoxy) is 1. The van der Waals surface area contributed by atoms with Gasteiger partial charge in [0.2, 0.25) is 5.91 Å². The summed E-state index contributed by atoms with van der Waals surface area (Å²) in [5.74, 6) is -1.15. The summed E-state index contributed by atoms with van der Waals surface area (Å²) < 4.78 is 18.3. The summed E-state index contributed by atoms with van der Waals surface area (Å²) in [6.45, 7) is 6.11. The first-order valence-corrected chi connectivity index (χ1v) is 11.9. The summed E-state index contributed by atoms with van der Waals surface area (Å²) >= 11 is 5.29. The number of rotatable bonds is 7. The zero-order valence-corrected chi connectivity index (χ0v) is 20.6. The van der Waals surface area contributed by atoms with Crippen LogP contribution < -0.4 is 15.5 Å². The smallest absolute Gasteiger partial charge is 0.326 e. The maximum Gasteiger partial charge on any atom is 0.326 e. The van der Waals surface area contributed by atoms with Crippen LogP contribution >= 0.6 is 12.2 Å². The van der Waals surface area contributed by atoms with Gasteiger partial charge in [0.05, 0.1) is 18.0 Å². The maximum absolute atomic E-state index is 13.1. The molecule has 1 aliphatic heterocycles. The van der Waals surface area contributed by atoms with Gasteiger partial charge < -0.3 is 25.4 Å². The minimum atomic E-state index is -0.481. The first-order valence-electron chi connectivity index (χ1n) is 11.5. The zero-order valence-electron chi connectivity index (χ0n) is 19.8. The molecule has 3 rings (SSSR count). The number of hydrogen-bond acceptors (Lipinski definition) is 5. The van der Waals surface area contributed by atoms with Crippen LogP contribution in [0, 0.1) is 5.82 Å². The minimum absolute atomic E-state index is 0.119. The molecule has 0 fully saturated rings. The number of phenols is 1. The van der Waals surface area contributed by atoms with Gasteiger partial charge in [-0.2, -0.15) is 0 Å². The van der Waals surface area contributed by atoms with Crippen LogP contribution in [0.4, 0.5) is 21.5 Å². The molecule has 9 heteroatoms. The second kappa shape index (κ2) is 13.5. The fourth-order valence-corrected chi connectivity index (χ4v) is 3.60. The summed E-state index contributed by atoms with van der Waals surface area (Å²) in [5, 5.41) is 16.6. The number of thiocarbonyl (C=S) groups is 1. The highest BCUT2D eigenvalue weighted by atomic mass is 32.1. The van der Waals surface area contributed by atoms with E-state index >= 15 is 0 Å². The lowest BCUT2D eigenvalue weighted by Crippen LogP contribution is -2.36. The van der Waals surface area contributed by atoms with Crippen LogP contribution in [0.15, 0.2) is 36.4 Å². The Morgan fingerprint density at radius 2 is 1.88 bits per heavy atom. The molecule has 1 aliphatic rings. The number of anilines is 3. The van der Waals surface area contributed by atoms with Gasteiger partial charge in [-0.05, 0) is 67.4 Å². The average Bonchev–Trinajstić information content (AvgIpc) is 2.96. The topological polar surface area (TPSA) is 90.9 Å². The molecule has 7 nitrogen and oxygen atoms in total. The minimum Gasteiger partial charge on any atom is -0.506 e. The maximum atomic E-state index is 13.1. The number of aryl methyl sites for hydroxylation is 1. The van der Waals surface area contributed by atoms with Gasteiger partial charge >= 0.3 is 5.97 Å². The van der Waals surface area contributed by atoms with E-state index in [1.54, 1.807) is 18.2 Å². The van der Waals surface area contributed by atoms with Gasteiger partial charge in [-0.25, -0.2) is 4.39 Å². The third-order valence-corrected chi connectivity index (χ3v) is 5.23. The SMILES string of the molecule is CC.CCCCOC(=O)CN1C(=O)CCCc2cc(NC(=S)Nc3ccc(F)cc3)c(O)cc21. The van der Waals surface area contributed by atoms with Crippen LogP contribution in [-0.2, 0) is 20.7 Å². The highest BCUT2D eigenvalue weighted by Gasteiger charge is 2.26. The van der Waals surface area contributed by atoms with Crippen LogP contribution in [0.5, 0.6) is 5.75 Å². The normalized spacial score (nSPS) is 12.6. The fraction of sp³-hybridized carbons (Fsp3) is 0.400. The van der Waals surface area contributed by atoms with E-state index in [0.717, 1.165) is 18.4 Å². The molecule has 0 aromatic heterocycles. The van der Waals surface area contributed by atoms with Gasteiger partial charge in [-0.15, -0.1) is 0 Å². The van der Waals surface area contributed by atoms with Gasteiger partial charge in [0.1, 0.15) is 18.1 Å². The summed E-state index contributed by atoms with van der Waals surface area (Å²) in [7, 11) is 0. The molecule has 0 atom stereocenters. The Bertz CT molecular complexity index is 998. The summed E-state index contributed by atoms with van der Waals surface area (Å²) in [5.41, 5.74) is 2.25. The van der Waals surface area contributed by atoms with E-state index in [1.165, 1.54) is 23.1 Å². The number of phenolic OH excluding ortho intramolecular Hbond substituents is 1. The number of nitrogens with zero attached hydrogens (tertiary/aromatic N) is 1. The molecule has 184 valence electrons. The molecule has 0 bridgehead atoms. The van der Waals surface area contributed by atoms with E-state index in [2.05, 4.69) is 10.6 Å². The zero-order chi connectivity index (χ0) is 25.1. The number of nitrogens with one attached hydrogen (secondary N) is 2. The number of amides is 1. The molecule has 0 saturated heterocycles. The third-order valence-electron chi connectivity index (χ3n) is 5.02. The second-order valence-electron chi connectivity index (χ2n) is 7.49. The van der Waals surface area contributed by atoms with E-state index in [-0.39, 0.29) is 29.1 Å². The molecule has 1 heterocycles. The van der Waals surface area contributed by atoms with Crippen molar-refractivity contribution in [2.45, 2.75) is 52.9 Å². The molecule has 0 spiro atoms. The van der Waals surface area contributed by atoms with E-state index in [4.69, 9.17) is 17.0 Å². The molecule has 0 aliphatic carbocycles. The number of carbonyl (C=O) groups excluding carboxylic acids is 2. The predicted octanol–water partition coefficient (Wildman–Crippen LogP) is 5.38. The number of unbranched alkanes of at least 4 members (excludes halogenated alkanes) is 1. The highest BCUT2D eigenvalue weighted by Crippen LogP contribution is 2.36. The van der Waals surface area contributed by atoms with Gasteiger partial charge in [0.25, 0.3) is 0 Å². The quantitative estimate of drug-likeness (QED) is 0.208. The van der Waals surface area contributed by atoms with Gasteiger partial charge in [-0.3, -0.25) is 9.59 Å². The van der Waals surface area contributed by atoms with Crippen molar-refractivity contribution in [1.29, 1.82) is 0 Å². The molecular formula is C25H32FN3O4S. The Hall–Kier alpha value is -3.20. The Labute approximate surface area is 205 Å². The van der Waals surface area contributed by atoms with Crippen molar-refractivity contribution in [2.24, 2.45) is 0 Å². The van der Waals surface area contributed by atoms with E-state index < -0.39 is 5.97 Å². The molecule has 1 amide bonds. The Kier molecular flexibility index (Phi) is 10.7. The predicted molar refractivity (Wildman–Crippen MR) is 137 cm³/mol. The van der Waals surface area contributed by atoms with Crippen molar-refractivity contribution in [3.8, 4) is 5.75 Å². The van der Waals surface area contributed by atoms with Crippen LogP contribution in [0.2, 0.25) is 0 Å². The molecule has 34 heavy (non-hydrogen) atoms. The van der Waals surface area contributed by atoms with Crippen molar-refractivity contribution in [1.82, 2.24) is 0 Å². The summed E-state index contributed by atoms with van der Waals surface area (Å²) in [6.07, 6.45) is 3.19. The van der Waals surface area contributed by atoms with Crippen LogP contribution in [0.25, 0.3) is 0 Å². The van der Waals surface area contributed by atoms with Crippen molar-refractivity contribution in [3.63, 3.8) is 0 Å². The lowest BCUT2D eigenvalue weighted by molar-refractivity contribution is -0.143. The van der Waals surface area contributed by atoms with Gasteiger partial charge in [-0.1, -0.05) is 27.2 Å². The number of fused-ring (bicyclic) bond motifs is 1. The van der Waals surface area contributed by atoms with Gasteiger partial charge in [0, 0.05) is 18.2 Å². The lowest BCUT2D eigenvalue weighted by Gasteiger charge is -2.23. The largest absolute Gasteiger partial charge is 0.506 e. The molecule has 0 radical (unpaired) electrons. The highest BCUT2D eigenvalue weighted by molar-refractivity contribution is 7.80. The van der Waals surface area contributed by atoms with Crippen molar-refractivity contribution >= 4 is 46.3 Å². The van der Waals surface area contributed by atoms with Crippen LogP contribution in [0.1, 0.15) is 52.0 Å². The van der Waals surface area contributed by atoms with Crippen molar-refractivity contribution < 1.29 is 23.8 Å². The van der Waals surface area contributed by atoms with Crippen LogP contribution in [0.3, 0.4) is 0 Å². The monoisotopic (exact) mass is 489 g/mol. The molecule has 3 N–H and O–H groups in total. The summed E-state index contributed by atoms with van der Waals surface area (Å²) in [4.78, 5) is 26.2. The average molecular weight is 490 g/mol. The standard InChI is InChI=1S/C23H26FN3O4S.C2H6/c1-2-3-11-31-22(30)14-27-19-13-20(28)18(12-15(19)5-4-6-21(27)29)26-23(32)25-17-9-7-16(24)8-10-17;1-2/h7-10,12-13,28H,2-6,11,14H2,1H3,(H2,25,26,32);1-2H3. The molecule has 0 unspecified atom stereocenters. The van der Waals surface area contributed by atoms with E-state index in [0.29, 0.717) is 42.9 Å². The van der Waals surface area contributed by atoms with E-state index in [9.17, 15) is 19.1 Å². The van der Waals surface area contributed by atoms with E-state index in [1.807, 2.05) is 20.8 Å². The fourth-order valence-electron chi connectivity index (χ4n) is 3.37. The number of carbonyl (C=O) groups is 2. The Balaban J connectivity index is 0.00000199. The van der Waals surface area contributed by atoms with Crippen molar-refractivity contribution in [2.75, 3.05) is 28.7 Å². The van der Waals surface area contributed by atoms with Gasteiger partial charge in [0.15, 0.2) is 5.11 Å². The molecule has 2 aromatic rings. The molecular weight excluding hydrogens is 457 g/mol. The first kappa shape index (κ1) is 27.0. The third kappa shape index (κ3) is 7.69. The van der Waals surface area contributed by atoms with Crippen LogP contribution in [-0.4, -0.2) is 35.2 Å². The number of benzene rings is 2. The van der Waals surface area contributed by atoms with Crippen molar-refractivity contribution in [3.05, 3.63) is 47.8 Å². The number of esters is 1. The number of hydrogen-bond donors (Lipinski definition) is 3. The number of halogens is 1. The first-order chi connectivity index (χ1) is 16.4. The Morgan fingerprint density at radius 3 is 2.56 bits per heavy atom.